The number of thioether (sulfide) groups is 1. The van der Waals surface area contributed by atoms with Gasteiger partial charge in [0.15, 0.2) is 5.13 Å². The predicted octanol–water partition coefficient (Wildman–Crippen LogP) is 6.35. The number of hydrogen-bond acceptors (Lipinski definition) is 5. The summed E-state index contributed by atoms with van der Waals surface area (Å²) in [6.45, 7) is 3.93. The quantitative estimate of drug-likeness (QED) is 0.277. The number of nitrogens with zero attached hydrogens (tertiary/aromatic N) is 1. The molecule has 0 amide bonds. The molecule has 0 saturated heterocycles. The fourth-order valence-corrected chi connectivity index (χ4v) is 6.25. The number of carboxylic acids is 1. The monoisotopic (exact) mass is 474 g/mol. The standard InChI is InChI=1S/C27H26N2O2S2/c1-19-20(2)33-26(28-19)29-24(25(30)31)18-32-27(21-12-6-3-7-13-21,22-14-8-4-9-15-22)23-16-10-5-11-17-23/h3-17,24H,18H2,1-2H3,(H,28,29)(H,30,31). The highest BCUT2D eigenvalue weighted by molar-refractivity contribution is 8.00. The van der Waals surface area contributed by atoms with Crippen LogP contribution in [0.15, 0.2) is 91.0 Å². The first-order valence-corrected chi connectivity index (χ1v) is 12.5. The number of aliphatic carboxylic acids is 1. The van der Waals surface area contributed by atoms with Crippen molar-refractivity contribution in [2.75, 3.05) is 11.1 Å². The Bertz CT molecular complexity index is 1080. The lowest BCUT2D eigenvalue weighted by atomic mass is 9.84. The van der Waals surface area contributed by atoms with Gasteiger partial charge in [-0.2, -0.15) is 0 Å². The molecular weight excluding hydrogens is 448 g/mol. The topological polar surface area (TPSA) is 62.2 Å². The molecule has 0 spiro atoms. The second kappa shape index (κ2) is 10.2. The van der Waals surface area contributed by atoms with E-state index in [1.807, 2.05) is 68.4 Å². The van der Waals surface area contributed by atoms with Crippen LogP contribution in [0.5, 0.6) is 0 Å². The van der Waals surface area contributed by atoms with Gasteiger partial charge in [-0.25, -0.2) is 9.78 Å². The Labute approximate surface area is 202 Å². The Balaban J connectivity index is 1.76. The van der Waals surface area contributed by atoms with E-state index in [9.17, 15) is 9.90 Å². The molecule has 0 bridgehead atoms. The van der Waals surface area contributed by atoms with Crippen molar-refractivity contribution in [1.82, 2.24) is 4.98 Å². The highest BCUT2D eigenvalue weighted by Crippen LogP contribution is 2.48. The van der Waals surface area contributed by atoms with Crippen LogP contribution in [0.2, 0.25) is 0 Å². The Hall–Kier alpha value is -3.09. The van der Waals surface area contributed by atoms with Crippen molar-refractivity contribution in [2.45, 2.75) is 24.6 Å². The van der Waals surface area contributed by atoms with Gasteiger partial charge in [0.1, 0.15) is 6.04 Å². The maximum atomic E-state index is 12.2. The van der Waals surface area contributed by atoms with Gasteiger partial charge in [0.25, 0.3) is 0 Å². The van der Waals surface area contributed by atoms with Crippen LogP contribution in [0.1, 0.15) is 27.3 Å². The zero-order chi connectivity index (χ0) is 23.3. The van der Waals surface area contributed by atoms with Crippen molar-refractivity contribution in [2.24, 2.45) is 0 Å². The highest BCUT2D eigenvalue weighted by atomic mass is 32.2. The lowest BCUT2D eigenvalue weighted by Crippen LogP contribution is -2.35. The van der Waals surface area contributed by atoms with Crippen molar-refractivity contribution in [3.8, 4) is 0 Å². The predicted molar refractivity (Wildman–Crippen MR) is 138 cm³/mol. The minimum atomic E-state index is -0.893. The van der Waals surface area contributed by atoms with Crippen LogP contribution in [-0.4, -0.2) is 27.9 Å². The number of carboxylic acid groups (broad SMARTS) is 1. The fourth-order valence-electron chi connectivity index (χ4n) is 3.84. The van der Waals surface area contributed by atoms with Crippen molar-refractivity contribution in [3.05, 3.63) is 118 Å². The van der Waals surface area contributed by atoms with Crippen molar-refractivity contribution in [1.29, 1.82) is 0 Å². The van der Waals surface area contributed by atoms with E-state index in [0.717, 1.165) is 27.3 Å². The zero-order valence-corrected chi connectivity index (χ0v) is 20.2. The van der Waals surface area contributed by atoms with Crippen molar-refractivity contribution < 1.29 is 9.90 Å². The summed E-state index contributed by atoms with van der Waals surface area (Å²) in [4.78, 5) is 17.8. The molecule has 0 radical (unpaired) electrons. The number of carbonyl (C=O) groups is 1. The maximum Gasteiger partial charge on any atom is 0.327 e. The average Bonchev–Trinajstić information content (AvgIpc) is 3.17. The van der Waals surface area contributed by atoms with Gasteiger partial charge in [-0.15, -0.1) is 23.1 Å². The molecule has 4 nitrogen and oxygen atoms in total. The highest BCUT2D eigenvalue weighted by Gasteiger charge is 2.38. The lowest BCUT2D eigenvalue weighted by molar-refractivity contribution is -0.137. The number of aryl methyl sites for hydroxylation is 2. The first-order chi connectivity index (χ1) is 16.0. The first-order valence-electron chi connectivity index (χ1n) is 10.7. The van der Waals surface area contributed by atoms with Gasteiger partial charge in [-0.05, 0) is 30.5 Å². The summed E-state index contributed by atoms with van der Waals surface area (Å²) in [5.74, 6) is -0.540. The molecular formula is C27H26N2O2S2. The smallest absolute Gasteiger partial charge is 0.327 e. The third-order valence-electron chi connectivity index (χ3n) is 5.63. The van der Waals surface area contributed by atoms with Crippen LogP contribution < -0.4 is 5.32 Å². The molecule has 168 valence electrons. The van der Waals surface area contributed by atoms with Crippen LogP contribution in [0.3, 0.4) is 0 Å². The molecule has 0 aliphatic carbocycles. The minimum Gasteiger partial charge on any atom is -0.480 e. The molecule has 1 aromatic heterocycles. The molecule has 1 heterocycles. The van der Waals surface area contributed by atoms with Gasteiger partial charge in [0.2, 0.25) is 0 Å². The van der Waals surface area contributed by atoms with E-state index in [4.69, 9.17) is 0 Å². The summed E-state index contributed by atoms with van der Waals surface area (Å²) in [7, 11) is 0. The van der Waals surface area contributed by atoms with E-state index in [0.29, 0.717) is 10.9 Å². The maximum absolute atomic E-state index is 12.2. The van der Waals surface area contributed by atoms with E-state index >= 15 is 0 Å². The summed E-state index contributed by atoms with van der Waals surface area (Å²) in [6.07, 6.45) is 0. The van der Waals surface area contributed by atoms with E-state index in [2.05, 4.69) is 46.7 Å². The summed E-state index contributed by atoms with van der Waals surface area (Å²) in [5, 5.41) is 13.8. The second-order valence-electron chi connectivity index (χ2n) is 7.79. The summed E-state index contributed by atoms with van der Waals surface area (Å²) < 4.78 is -0.562. The molecule has 1 unspecified atom stereocenters. The molecule has 0 fully saturated rings. The van der Waals surface area contributed by atoms with E-state index < -0.39 is 16.8 Å². The van der Waals surface area contributed by atoms with Crippen LogP contribution in [0.4, 0.5) is 5.13 Å². The van der Waals surface area contributed by atoms with Crippen molar-refractivity contribution >= 4 is 34.2 Å². The van der Waals surface area contributed by atoms with Crippen LogP contribution in [-0.2, 0) is 9.54 Å². The molecule has 4 aromatic rings. The van der Waals surface area contributed by atoms with E-state index in [-0.39, 0.29) is 0 Å². The largest absolute Gasteiger partial charge is 0.480 e. The summed E-state index contributed by atoms with van der Waals surface area (Å²) >= 11 is 3.12. The second-order valence-corrected chi connectivity index (χ2v) is 10.2. The molecule has 33 heavy (non-hydrogen) atoms. The number of benzene rings is 3. The van der Waals surface area contributed by atoms with E-state index in [1.165, 1.54) is 11.3 Å². The molecule has 0 saturated carbocycles. The van der Waals surface area contributed by atoms with Gasteiger partial charge >= 0.3 is 5.97 Å². The number of rotatable bonds is 9. The number of nitrogens with one attached hydrogen (secondary N) is 1. The van der Waals surface area contributed by atoms with Crippen LogP contribution in [0.25, 0.3) is 0 Å². The van der Waals surface area contributed by atoms with Gasteiger partial charge in [-0.3, -0.25) is 0 Å². The molecule has 2 N–H and O–H groups in total. The SMILES string of the molecule is Cc1nc(NC(CSC(c2ccccc2)(c2ccccc2)c2ccccc2)C(=O)O)sc1C. The number of anilines is 1. The van der Waals surface area contributed by atoms with Crippen LogP contribution in [0, 0.1) is 13.8 Å². The van der Waals surface area contributed by atoms with Gasteiger partial charge in [0, 0.05) is 10.6 Å². The molecule has 0 aliphatic heterocycles. The zero-order valence-electron chi connectivity index (χ0n) is 18.6. The van der Waals surface area contributed by atoms with Crippen molar-refractivity contribution in [3.63, 3.8) is 0 Å². The van der Waals surface area contributed by atoms with Gasteiger partial charge in [-0.1, -0.05) is 91.0 Å². The Morgan fingerprint density at radius 1 is 0.909 bits per heavy atom. The molecule has 3 aromatic carbocycles. The Kier molecular flexibility index (Phi) is 7.16. The Morgan fingerprint density at radius 2 is 1.36 bits per heavy atom. The molecule has 0 aliphatic rings. The summed E-state index contributed by atoms with van der Waals surface area (Å²) in [5.41, 5.74) is 4.25. The van der Waals surface area contributed by atoms with E-state index in [1.54, 1.807) is 11.8 Å². The molecule has 6 heteroatoms. The summed E-state index contributed by atoms with van der Waals surface area (Å²) in [6, 6.07) is 30.1. The third kappa shape index (κ3) is 4.97. The number of thiazole rings is 1. The number of aromatic nitrogens is 1. The molecule has 1 atom stereocenters. The minimum absolute atomic E-state index is 0.353. The normalized spacial score (nSPS) is 12.3. The van der Waals surface area contributed by atoms with Gasteiger partial charge < -0.3 is 10.4 Å². The first kappa shape index (κ1) is 23.1. The lowest BCUT2D eigenvalue weighted by Gasteiger charge is -2.36. The third-order valence-corrected chi connectivity index (χ3v) is 8.28. The Morgan fingerprint density at radius 3 is 1.73 bits per heavy atom. The average molecular weight is 475 g/mol. The fraction of sp³-hybridized carbons (Fsp3) is 0.185. The molecule has 4 rings (SSSR count). The number of hydrogen-bond donors (Lipinski definition) is 2. The van der Waals surface area contributed by atoms with Crippen LogP contribution >= 0.6 is 23.1 Å². The van der Waals surface area contributed by atoms with Gasteiger partial charge in [0.05, 0.1) is 10.4 Å².